The minimum atomic E-state index is -6.10. The molecule has 4 aromatic heterocycles. The fourth-order valence-electron chi connectivity index (χ4n) is 6.28. The van der Waals surface area contributed by atoms with Crippen LogP contribution in [0.3, 0.4) is 0 Å². The SMILES string of the molecule is COC1C(O)[C@H]([n+]2cn(C)c3c(=O)[nH]c(N)nc32)O[C@@H]1COP(=O)(O)OP(=O)(O)OP(=O)(O)OC[C@H]1O[C@@H](n2cnc3c(=O)[nH]c(N)nc32)C(O)[C@H]1OP(=O)(O)OC(C)C. The summed E-state index contributed by atoms with van der Waals surface area (Å²) < 4.78 is 99.1. The fourth-order valence-corrected chi connectivity index (χ4v) is 10.9. The molecule has 334 valence electrons. The van der Waals surface area contributed by atoms with Gasteiger partial charge in [-0.1, -0.05) is 4.98 Å². The Bertz CT molecular complexity index is 2570. The van der Waals surface area contributed by atoms with E-state index >= 15 is 0 Å². The Balaban J connectivity index is 1.12. The Morgan fingerprint density at radius 2 is 1.45 bits per heavy atom. The van der Waals surface area contributed by atoms with Crippen LogP contribution in [0, 0.1) is 0 Å². The van der Waals surface area contributed by atoms with Crippen LogP contribution in [-0.2, 0) is 66.2 Å². The van der Waals surface area contributed by atoms with E-state index in [0.717, 1.165) is 18.0 Å². The third-order valence-electron chi connectivity index (χ3n) is 8.50. The van der Waals surface area contributed by atoms with E-state index in [1.54, 1.807) is 0 Å². The number of nitrogens with zero attached hydrogens (tertiary/aromatic N) is 6. The average Bonchev–Trinajstić information content (AvgIpc) is 3.83. The Morgan fingerprint density at radius 1 is 0.867 bits per heavy atom. The summed E-state index contributed by atoms with van der Waals surface area (Å²) in [5, 5.41) is 22.2. The van der Waals surface area contributed by atoms with E-state index in [2.05, 4.69) is 33.5 Å². The molecule has 0 bridgehead atoms. The van der Waals surface area contributed by atoms with E-state index in [1.165, 1.54) is 36.4 Å². The zero-order valence-corrected chi connectivity index (χ0v) is 34.8. The molecule has 0 aromatic carbocycles. The van der Waals surface area contributed by atoms with E-state index in [-0.39, 0.29) is 34.2 Å². The van der Waals surface area contributed by atoms with Crippen molar-refractivity contribution in [2.75, 3.05) is 31.8 Å². The van der Waals surface area contributed by atoms with Crippen LogP contribution < -0.4 is 27.2 Å². The molecule has 2 aliphatic heterocycles. The highest BCUT2D eigenvalue weighted by atomic mass is 31.3. The van der Waals surface area contributed by atoms with Crippen LogP contribution in [0.1, 0.15) is 26.3 Å². The van der Waals surface area contributed by atoms with Crippen molar-refractivity contribution in [3.8, 4) is 0 Å². The molecule has 6 rings (SSSR count). The molecule has 0 spiro atoms. The van der Waals surface area contributed by atoms with Crippen molar-refractivity contribution >= 4 is 65.5 Å². The van der Waals surface area contributed by atoms with E-state index in [9.17, 15) is 57.6 Å². The minimum Gasteiger partial charge on any atom is -0.386 e. The van der Waals surface area contributed by atoms with Crippen LogP contribution in [0.25, 0.3) is 22.3 Å². The molecule has 35 heteroatoms. The van der Waals surface area contributed by atoms with Gasteiger partial charge in [0, 0.05) is 7.11 Å². The van der Waals surface area contributed by atoms with E-state index in [1.807, 2.05) is 0 Å². The number of fused-ring (bicyclic) bond motifs is 2. The predicted octanol–water partition coefficient (Wildman–Crippen LogP) is -2.34. The molecule has 31 nitrogen and oxygen atoms in total. The molecule has 0 radical (unpaired) electrons. The second kappa shape index (κ2) is 17.1. The number of anilines is 2. The first-order valence-electron chi connectivity index (χ1n) is 16.9. The molecular weight excluding hydrogens is 900 g/mol. The van der Waals surface area contributed by atoms with Gasteiger partial charge in [0.05, 0.1) is 32.7 Å². The number of nitrogen functional groups attached to an aromatic ring is 2. The number of phosphoric acid groups is 4. The second-order valence-electron chi connectivity index (χ2n) is 13.2. The lowest BCUT2D eigenvalue weighted by Crippen LogP contribution is -2.46. The highest BCUT2D eigenvalue weighted by Gasteiger charge is 2.52. The first kappa shape index (κ1) is 46.1. The molecule has 12 atom stereocenters. The lowest BCUT2D eigenvalue weighted by atomic mass is 10.1. The van der Waals surface area contributed by atoms with Crippen LogP contribution in [0.2, 0.25) is 0 Å². The number of imidazole rings is 2. The maximum atomic E-state index is 12.9. The van der Waals surface area contributed by atoms with Gasteiger partial charge in [-0.05, 0) is 13.8 Å². The fraction of sp³-hybridized carbons (Fsp3) is 0.600. The summed E-state index contributed by atoms with van der Waals surface area (Å²) >= 11 is 0. The van der Waals surface area contributed by atoms with E-state index in [0.29, 0.717) is 0 Å². The molecule has 0 amide bonds. The van der Waals surface area contributed by atoms with Crippen LogP contribution >= 0.6 is 31.3 Å². The third-order valence-corrected chi connectivity index (χ3v) is 13.9. The maximum Gasteiger partial charge on any atom is 0.490 e. The molecule has 2 aliphatic rings. The van der Waals surface area contributed by atoms with Gasteiger partial charge in [0.2, 0.25) is 17.7 Å². The Labute approximate surface area is 334 Å². The Kier molecular flexibility index (Phi) is 13.1. The number of ether oxygens (including phenoxy) is 3. The summed E-state index contributed by atoms with van der Waals surface area (Å²) in [5.74, 6) is -0.633. The second-order valence-corrected chi connectivity index (χ2v) is 19.2. The van der Waals surface area contributed by atoms with Gasteiger partial charge in [0.25, 0.3) is 17.1 Å². The highest BCUT2D eigenvalue weighted by Crippen LogP contribution is 2.68. The number of methoxy groups -OCH3 is 1. The summed E-state index contributed by atoms with van der Waals surface area (Å²) in [4.78, 5) is 82.2. The van der Waals surface area contributed by atoms with Gasteiger partial charge in [-0.25, -0.2) is 27.8 Å². The van der Waals surface area contributed by atoms with Crippen molar-refractivity contribution < 1.29 is 93.5 Å². The molecule has 2 saturated heterocycles. The van der Waals surface area contributed by atoms with Crippen molar-refractivity contribution in [3.63, 3.8) is 0 Å². The largest absolute Gasteiger partial charge is 0.490 e. The topological polar surface area (TPSA) is 443 Å². The number of H-pyrrole nitrogens is 2. The monoisotopic (exact) mass is 939 g/mol. The molecule has 0 saturated carbocycles. The van der Waals surface area contributed by atoms with Crippen molar-refractivity contribution in [3.05, 3.63) is 33.4 Å². The van der Waals surface area contributed by atoms with Crippen molar-refractivity contribution in [2.45, 2.75) is 69.0 Å². The number of rotatable bonds is 17. The first-order chi connectivity index (χ1) is 27.8. The lowest BCUT2D eigenvalue weighted by Gasteiger charge is -2.24. The molecule has 4 aromatic rings. The third kappa shape index (κ3) is 9.95. The molecule has 12 N–H and O–H groups in total. The number of nitrogens with one attached hydrogen (secondary N) is 2. The predicted molar refractivity (Wildman–Crippen MR) is 194 cm³/mol. The summed E-state index contributed by atoms with van der Waals surface area (Å²) in [7, 11) is -20.1. The van der Waals surface area contributed by atoms with Crippen molar-refractivity contribution in [1.29, 1.82) is 0 Å². The summed E-state index contributed by atoms with van der Waals surface area (Å²) in [6.45, 7) is 0.517. The summed E-state index contributed by atoms with van der Waals surface area (Å²) in [6, 6.07) is 0. The van der Waals surface area contributed by atoms with Crippen LogP contribution in [0.4, 0.5) is 11.9 Å². The van der Waals surface area contributed by atoms with Gasteiger partial charge in [0.1, 0.15) is 36.6 Å². The summed E-state index contributed by atoms with van der Waals surface area (Å²) in [5.41, 5.74) is 9.38. The van der Waals surface area contributed by atoms with Gasteiger partial charge >= 0.3 is 36.9 Å². The normalized spacial score (nSPS) is 28.9. The standard InChI is InChI=1S/C25H38N10O21P4/c1-9(2)53-59(44,45)54-17-11(52-22(15(17)37)34-7-28-12-18(34)29-24(26)31-20(12)38)6-50-58(42,43)56-60(46,47)55-57(40,41)49-5-10-16(48-4)14(36)23(51-10)35-8-33(3)13-19(35)30-25(27)32-21(13)39/h7-11,14-17,22-23,36-37H,5-6H2,1-4H3,(H9-,26,27,29,30,31,32,38,39,40,41,42,43,44,45,46,47)/p+1/t10-,11-,14?,15?,16?,17+,22-,23-/m1/s1. The Hall–Kier alpha value is -3.38. The molecule has 7 unspecified atom stereocenters. The van der Waals surface area contributed by atoms with Gasteiger partial charge in [-0.15, -0.1) is 0 Å². The number of hydrogen-bond donors (Lipinski definition) is 10. The number of aromatic amines is 2. The smallest absolute Gasteiger partial charge is 0.386 e. The minimum absolute atomic E-state index is 0.0241. The number of aryl methyl sites for hydroxylation is 1. The van der Waals surface area contributed by atoms with Gasteiger partial charge in [0.15, 0.2) is 23.7 Å². The van der Waals surface area contributed by atoms with Crippen LogP contribution in [-0.4, -0.2) is 127 Å². The average molecular weight is 940 g/mol. The number of aliphatic hydroxyl groups is 2. The highest BCUT2D eigenvalue weighted by molar-refractivity contribution is 7.66. The van der Waals surface area contributed by atoms with Crippen molar-refractivity contribution in [1.82, 2.24) is 34.1 Å². The zero-order chi connectivity index (χ0) is 44.3. The zero-order valence-electron chi connectivity index (χ0n) is 31.2. The quantitative estimate of drug-likeness (QED) is 0.0391. The molecule has 6 heterocycles. The first-order valence-corrected chi connectivity index (χ1v) is 22.9. The Morgan fingerprint density at radius 3 is 2.05 bits per heavy atom. The van der Waals surface area contributed by atoms with Crippen molar-refractivity contribution in [2.24, 2.45) is 7.05 Å². The van der Waals surface area contributed by atoms with Gasteiger partial charge < -0.3 is 55.5 Å². The van der Waals surface area contributed by atoms with Crippen LogP contribution in [0.5, 0.6) is 0 Å². The molecular formula is C25H39N10O21P4+. The summed E-state index contributed by atoms with van der Waals surface area (Å²) in [6.07, 6.45) is -11.6. The number of aliphatic hydroxyl groups excluding tert-OH is 2. The maximum absolute atomic E-state index is 12.9. The lowest BCUT2D eigenvalue weighted by molar-refractivity contribution is -0.745. The number of aromatic nitrogens is 8. The molecule has 0 aliphatic carbocycles. The number of hydrogen-bond acceptors (Lipinski definition) is 22. The molecule has 60 heavy (non-hydrogen) atoms. The molecule has 2 fully saturated rings. The van der Waals surface area contributed by atoms with E-state index in [4.69, 9.17) is 43.8 Å². The van der Waals surface area contributed by atoms with Crippen LogP contribution in [0.15, 0.2) is 22.2 Å². The number of nitrogens with two attached hydrogens (primary N) is 2. The van der Waals surface area contributed by atoms with E-state index < -0.39 is 111 Å². The van der Waals surface area contributed by atoms with Gasteiger partial charge in [-0.3, -0.25) is 46.8 Å². The number of phosphoric ester groups is 3. The van der Waals surface area contributed by atoms with Gasteiger partial charge in [-0.2, -0.15) is 13.6 Å².